The number of amides is 1. The normalized spacial score (nSPS) is 11.2. The molecule has 1 aromatic carbocycles. The van der Waals surface area contributed by atoms with Gasteiger partial charge in [0, 0.05) is 11.1 Å². The Balaban J connectivity index is 2.94. The lowest BCUT2D eigenvalue weighted by Gasteiger charge is -2.01. The van der Waals surface area contributed by atoms with Crippen LogP contribution >= 0.6 is 11.6 Å². The molecule has 0 bridgehead atoms. The number of nitrogens with two attached hydrogens (primary N) is 1. The summed E-state index contributed by atoms with van der Waals surface area (Å²) in [6.07, 6.45) is 1.42. The molecule has 0 saturated heterocycles. The van der Waals surface area contributed by atoms with Crippen LogP contribution in [-0.2, 0) is 4.79 Å². The maximum Gasteiger partial charge on any atom is 0.258 e. The highest BCUT2D eigenvalue weighted by Crippen LogP contribution is 2.17. The van der Waals surface area contributed by atoms with Crippen molar-refractivity contribution in [2.24, 2.45) is 5.84 Å². The van der Waals surface area contributed by atoms with Crippen molar-refractivity contribution in [2.75, 3.05) is 0 Å². The molecule has 1 amide bonds. The Kier molecular flexibility index (Phi) is 3.68. The highest BCUT2D eigenvalue weighted by molar-refractivity contribution is 6.30. The van der Waals surface area contributed by atoms with Gasteiger partial charge in [-0.15, -0.1) is 0 Å². The quantitative estimate of drug-likeness (QED) is 0.338. The fourth-order valence-electron chi connectivity index (χ4n) is 1.06. The molecule has 0 unspecified atom stereocenters. The molecule has 14 heavy (non-hydrogen) atoms. The molecule has 0 radical (unpaired) electrons. The summed E-state index contributed by atoms with van der Waals surface area (Å²) in [5.74, 6) is 4.63. The van der Waals surface area contributed by atoms with Crippen LogP contribution in [0.5, 0.6) is 0 Å². The van der Waals surface area contributed by atoms with Crippen LogP contribution in [-0.4, -0.2) is 5.91 Å². The van der Waals surface area contributed by atoms with Crippen molar-refractivity contribution < 1.29 is 4.79 Å². The molecule has 0 aliphatic carbocycles. The average Bonchev–Trinajstić information content (AvgIpc) is 2.17. The molecule has 0 aliphatic heterocycles. The van der Waals surface area contributed by atoms with E-state index in [1.807, 2.05) is 24.5 Å². The van der Waals surface area contributed by atoms with Gasteiger partial charge in [-0.3, -0.25) is 10.2 Å². The van der Waals surface area contributed by atoms with Crippen LogP contribution in [0.4, 0.5) is 0 Å². The van der Waals surface area contributed by atoms with E-state index in [2.05, 4.69) is 0 Å². The lowest BCUT2D eigenvalue weighted by molar-refractivity contribution is -0.116. The molecule has 1 aromatic rings. The summed E-state index contributed by atoms with van der Waals surface area (Å²) in [5.41, 5.74) is 3.75. The number of hydrogen-bond donors (Lipinski definition) is 2. The van der Waals surface area contributed by atoms with Crippen LogP contribution in [0.25, 0.3) is 5.57 Å². The van der Waals surface area contributed by atoms with E-state index >= 15 is 0 Å². The van der Waals surface area contributed by atoms with E-state index in [1.54, 1.807) is 12.1 Å². The minimum absolute atomic E-state index is 0.331. The Morgan fingerprint density at radius 2 is 2.29 bits per heavy atom. The molecule has 0 atom stereocenters. The first-order valence-electron chi connectivity index (χ1n) is 4.08. The number of benzene rings is 1. The van der Waals surface area contributed by atoms with Crippen LogP contribution in [0.1, 0.15) is 12.5 Å². The number of hydrogen-bond acceptors (Lipinski definition) is 2. The van der Waals surface area contributed by atoms with Crippen LogP contribution in [0.15, 0.2) is 30.3 Å². The molecule has 4 heteroatoms. The predicted molar refractivity (Wildman–Crippen MR) is 57.4 cm³/mol. The van der Waals surface area contributed by atoms with Crippen molar-refractivity contribution in [3.05, 3.63) is 40.9 Å². The largest absolute Gasteiger partial charge is 0.291 e. The zero-order valence-electron chi connectivity index (χ0n) is 7.75. The molecule has 3 N–H and O–H groups in total. The van der Waals surface area contributed by atoms with Crippen LogP contribution in [0.2, 0.25) is 5.02 Å². The minimum atomic E-state index is -0.331. The van der Waals surface area contributed by atoms with Crippen molar-refractivity contribution in [3.63, 3.8) is 0 Å². The first-order valence-corrected chi connectivity index (χ1v) is 4.46. The van der Waals surface area contributed by atoms with Gasteiger partial charge in [0.05, 0.1) is 0 Å². The van der Waals surface area contributed by atoms with Gasteiger partial charge in [0.25, 0.3) is 5.91 Å². The van der Waals surface area contributed by atoms with Crippen molar-refractivity contribution >= 4 is 23.1 Å². The third-order valence-electron chi connectivity index (χ3n) is 1.77. The van der Waals surface area contributed by atoms with Gasteiger partial charge in [0.2, 0.25) is 0 Å². The van der Waals surface area contributed by atoms with E-state index in [4.69, 9.17) is 17.4 Å². The summed E-state index contributed by atoms with van der Waals surface area (Å²) in [6, 6.07) is 7.27. The molecule has 3 nitrogen and oxygen atoms in total. The molecule has 1 rings (SSSR count). The fourth-order valence-corrected chi connectivity index (χ4v) is 1.25. The monoisotopic (exact) mass is 210 g/mol. The molecule has 0 fully saturated rings. The number of halogens is 1. The molecule has 0 heterocycles. The van der Waals surface area contributed by atoms with Gasteiger partial charge >= 0.3 is 0 Å². The van der Waals surface area contributed by atoms with Gasteiger partial charge in [-0.1, -0.05) is 23.7 Å². The summed E-state index contributed by atoms with van der Waals surface area (Å²) in [5, 5.41) is 0.642. The van der Waals surface area contributed by atoms with E-state index < -0.39 is 0 Å². The lowest BCUT2D eigenvalue weighted by Crippen LogP contribution is -2.28. The Hall–Kier alpha value is -1.32. The molecule has 0 aliphatic rings. The molecular formula is C10H11ClN2O. The van der Waals surface area contributed by atoms with Crippen molar-refractivity contribution in [2.45, 2.75) is 6.92 Å². The standard InChI is InChI=1S/C10H11ClN2O/c1-7(5-10(14)13-12)8-3-2-4-9(11)6-8/h2-6H,12H2,1H3,(H,13,14). The molecular weight excluding hydrogens is 200 g/mol. The van der Waals surface area contributed by atoms with Gasteiger partial charge in [-0.2, -0.15) is 0 Å². The second-order valence-corrected chi connectivity index (χ2v) is 3.28. The molecule has 0 aromatic heterocycles. The molecule has 0 saturated carbocycles. The molecule has 74 valence electrons. The number of allylic oxidation sites excluding steroid dienone is 1. The lowest BCUT2D eigenvalue weighted by atomic mass is 10.1. The maximum atomic E-state index is 10.9. The summed E-state index contributed by atoms with van der Waals surface area (Å²) in [4.78, 5) is 10.9. The van der Waals surface area contributed by atoms with E-state index in [-0.39, 0.29) is 5.91 Å². The number of carbonyl (C=O) groups is 1. The van der Waals surface area contributed by atoms with Crippen molar-refractivity contribution in [3.8, 4) is 0 Å². The first-order chi connectivity index (χ1) is 6.63. The summed E-state index contributed by atoms with van der Waals surface area (Å²) in [6.45, 7) is 1.82. The minimum Gasteiger partial charge on any atom is -0.291 e. The Labute approximate surface area is 87.5 Å². The van der Waals surface area contributed by atoms with Gasteiger partial charge in [-0.05, 0) is 30.2 Å². The number of hydrazine groups is 1. The predicted octanol–water partition coefficient (Wildman–Crippen LogP) is 1.73. The number of rotatable bonds is 2. The average molecular weight is 211 g/mol. The van der Waals surface area contributed by atoms with Crippen LogP contribution in [0.3, 0.4) is 0 Å². The second kappa shape index (κ2) is 4.79. The van der Waals surface area contributed by atoms with Gasteiger partial charge in [0.15, 0.2) is 0 Å². The third-order valence-corrected chi connectivity index (χ3v) is 2.00. The summed E-state index contributed by atoms with van der Waals surface area (Å²) >= 11 is 5.81. The summed E-state index contributed by atoms with van der Waals surface area (Å²) < 4.78 is 0. The SMILES string of the molecule is CC(=CC(=O)NN)c1cccc(Cl)c1. The van der Waals surface area contributed by atoms with E-state index in [0.717, 1.165) is 11.1 Å². The Morgan fingerprint density at radius 1 is 1.57 bits per heavy atom. The topological polar surface area (TPSA) is 55.1 Å². The first kappa shape index (κ1) is 10.8. The van der Waals surface area contributed by atoms with Crippen molar-refractivity contribution in [1.82, 2.24) is 5.43 Å². The number of carbonyl (C=O) groups excluding carboxylic acids is 1. The van der Waals surface area contributed by atoms with E-state index in [1.165, 1.54) is 6.08 Å². The van der Waals surface area contributed by atoms with Gasteiger partial charge < -0.3 is 0 Å². The zero-order chi connectivity index (χ0) is 10.6. The highest BCUT2D eigenvalue weighted by atomic mass is 35.5. The summed E-state index contributed by atoms with van der Waals surface area (Å²) in [7, 11) is 0. The number of nitrogens with one attached hydrogen (secondary N) is 1. The fraction of sp³-hybridized carbons (Fsp3) is 0.100. The van der Waals surface area contributed by atoms with Gasteiger partial charge in [-0.25, -0.2) is 5.84 Å². The maximum absolute atomic E-state index is 10.9. The van der Waals surface area contributed by atoms with Crippen molar-refractivity contribution in [1.29, 1.82) is 0 Å². The van der Waals surface area contributed by atoms with Crippen LogP contribution < -0.4 is 11.3 Å². The third kappa shape index (κ3) is 2.87. The zero-order valence-corrected chi connectivity index (χ0v) is 8.51. The molecule has 0 spiro atoms. The van der Waals surface area contributed by atoms with E-state index in [0.29, 0.717) is 5.02 Å². The van der Waals surface area contributed by atoms with Crippen LogP contribution in [0, 0.1) is 0 Å². The second-order valence-electron chi connectivity index (χ2n) is 2.85. The smallest absolute Gasteiger partial charge is 0.258 e. The highest BCUT2D eigenvalue weighted by Gasteiger charge is 1.99. The Morgan fingerprint density at radius 3 is 2.86 bits per heavy atom. The van der Waals surface area contributed by atoms with Gasteiger partial charge in [0.1, 0.15) is 0 Å². The van der Waals surface area contributed by atoms with E-state index in [9.17, 15) is 4.79 Å². The Bertz CT molecular complexity index is 374.